The van der Waals surface area contributed by atoms with Crippen molar-refractivity contribution in [3.05, 3.63) is 53.0 Å². The summed E-state index contributed by atoms with van der Waals surface area (Å²) in [5, 5.41) is 9.92. The molecule has 0 unspecified atom stereocenters. The van der Waals surface area contributed by atoms with Gasteiger partial charge in [0.05, 0.1) is 24.4 Å². The van der Waals surface area contributed by atoms with Gasteiger partial charge in [-0.05, 0) is 47.9 Å². The van der Waals surface area contributed by atoms with E-state index in [0.29, 0.717) is 17.9 Å². The lowest BCUT2D eigenvalue weighted by Gasteiger charge is -2.08. The predicted octanol–water partition coefficient (Wildman–Crippen LogP) is 4.72. The van der Waals surface area contributed by atoms with Crippen LogP contribution in [0.25, 0.3) is 21.9 Å². The van der Waals surface area contributed by atoms with Gasteiger partial charge < -0.3 is 14.6 Å². The third-order valence-electron chi connectivity index (χ3n) is 3.89. The molecule has 3 aromatic rings. The molecule has 3 rings (SSSR count). The van der Waals surface area contributed by atoms with Gasteiger partial charge in [0.2, 0.25) is 0 Å². The summed E-state index contributed by atoms with van der Waals surface area (Å²) in [6, 6.07) is 13.5. The first-order chi connectivity index (χ1) is 12.6. The monoisotopic (exact) mass is 369 g/mol. The first-order valence-corrected chi connectivity index (χ1v) is 8.92. The van der Waals surface area contributed by atoms with Crippen LogP contribution in [0.1, 0.15) is 23.4 Å². The first-order valence-electron chi connectivity index (χ1n) is 8.10. The number of carboxylic acids is 1. The number of ether oxygens (including phenoxy) is 2. The Hall–Kier alpha value is -2.86. The molecule has 0 aliphatic heterocycles. The molecule has 2 aromatic carbocycles. The second kappa shape index (κ2) is 8.01. The Balaban J connectivity index is 2.05. The molecule has 0 aliphatic rings. The molecule has 0 bridgehead atoms. The zero-order valence-corrected chi connectivity index (χ0v) is 15.4. The molecule has 0 spiro atoms. The van der Waals surface area contributed by atoms with E-state index < -0.39 is 5.97 Å². The van der Waals surface area contributed by atoms with Crippen molar-refractivity contribution in [2.75, 3.05) is 14.2 Å². The molecule has 0 radical (unpaired) electrons. The number of nitrogens with zero attached hydrogens (tertiary/aromatic N) is 1. The van der Waals surface area contributed by atoms with Gasteiger partial charge in [0.15, 0.2) is 0 Å². The zero-order chi connectivity index (χ0) is 18.5. The van der Waals surface area contributed by atoms with Crippen molar-refractivity contribution in [3.8, 4) is 11.5 Å². The van der Waals surface area contributed by atoms with E-state index in [-0.39, 0.29) is 6.42 Å². The smallest absolute Gasteiger partial charge is 0.303 e. The lowest BCUT2D eigenvalue weighted by molar-refractivity contribution is -0.136. The van der Waals surface area contributed by atoms with Crippen molar-refractivity contribution in [1.82, 2.24) is 4.98 Å². The number of allylic oxidation sites excluding steroid dienone is 1. The van der Waals surface area contributed by atoms with Crippen LogP contribution in [0.5, 0.6) is 11.5 Å². The number of aromatic nitrogens is 1. The summed E-state index contributed by atoms with van der Waals surface area (Å²) in [6.07, 6.45) is 2.39. The van der Waals surface area contributed by atoms with Gasteiger partial charge in [-0.3, -0.25) is 4.79 Å². The number of fused-ring (bicyclic) bond motifs is 1. The van der Waals surface area contributed by atoms with E-state index in [1.165, 1.54) is 0 Å². The highest BCUT2D eigenvalue weighted by Gasteiger charge is 2.12. The second-order valence-corrected chi connectivity index (χ2v) is 6.73. The standard InChI is InChI=1S/C20H19NO4S/c1-24-15-10-13(11-16(12-15)25-2)9-14(7-8-19(22)23)20-21-17-5-3-4-6-18(17)26-20/h3-6,9-12H,7-8H2,1-2H3,(H,22,23)/b14-9+. The van der Waals surface area contributed by atoms with Crippen LogP contribution in [-0.2, 0) is 4.79 Å². The molecule has 26 heavy (non-hydrogen) atoms. The van der Waals surface area contributed by atoms with Crippen LogP contribution in [0.4, 0.5) is 0 Å². The van der Waals surface area contributed by atoms with E-state index in [1.54, 1.807) is 31.6 Å². The number of carboxylic acid groups (broad SMARTS) is 1. The molecule has 0 amide bonds. The minimum absolute atomic E-state index is 0.0445. The number of rotatable bonds is 7. The highest BCUT2D eigenvalue weighted by atomic mass is 32.1. The lowest BCUT2D eigenvalue weighted by Crippen LogP contribution is -1.96. The van der Waals surface area contributed by atoms with Crippen LogP contribution in [0.15, 0.2) is 42.5 Å². The van der Waals surface area contributed by atoms with E-state index in [4.69, 9.17) is 14.6 Å². The Kier molecular flexibility index (Phi) is 5.53. The fourth-order valence-corrected chi connectivity index (χ4v) is 3.62. The van der Waals surface area contributed by atoms with Gasteiger partial charge in [0, 0.05) is 12.5 Å². The molecule has 0 saturated heterocycles. The third kappa shape index (κ3) is 4.21. The highest BCUT2D eigenvalue weighted by Crippen LogP contribution is 2.32. The van der Waals surface area contributed by atoms with Crippen molar-refractivity contribution >= 4 is 39.2 Å². The van der Waals surface area contributed by atoms with E-state index in [0.717, 1.165) is 26.4 Å². The fourth-order valence-electron chi connectivity index (χ4n) is 2.61. The van der Waals surface area contributed by atoms with E-state index in [2.05, 4.69) is 4.98 Å². The van der Waals surface area contributed by atoms with Gasteiger partial charge >= 0.3 is 5.97 Å². The lowest BCUT2D eigenvalue weighted by atomic mass is 10.1. The summed E-state index contributed by atoms with van der Waals surface area (Å²) in [4.78, 5) is 15.7. The fraction of sp³-hybridized carbons (Fsp3) is 0.200. The zero-order valence-electron chi connectivity index (χ0n) is 14.6. The third-order valence-corrected chi connectivity index (χ3v) is 5.00. The molecule has 1 heterocycles. The van der Waals surface area contributed by atoms with Crippen molar-refractivity contribution in [2.45, 2.75) is 12.8 Å². The Morgan fingerprint density at radius 1 is 1.12 bits per heavy atom. The molecule has 1 N–H and O–H groups in total. The summed E-state index contributed by atoms with van der Waals surface area (Å²) in [6.45, 7) is 0. The van der Waals surface area contributed by atoms with E-state index in [9.17, 15) is 4.79 Å². The topological polar surface area (TPSA) is 68.7 Å². The van der Waals surface area contributed by atoms with Crippen molar-refractivity contribution in [1.29, 1.82) is 0 Å². The maximum atomic E-state index is 11.1. The van der Waals surface area contributed by atoms with E-state index >= 15 is 0 Å². The number of aliphatic carboxylic acids is 1. The molecule has 0 atom stereocenters. The Morgan fingerprint density at radius 2 is 1.81 bits per heavy atom. The number of thiazole rings is 1. The van der Waals surface area contributed by atoms with Crippen molar-refractivity contribution in [2.24, 2.45) is 0 Å². The molecule has 134 valence electrons. The van der Waals surface area contributed by atoms with Crippen molar-refractivity contribution < 1.29 is 19.4 Å². The SMILES string of the molecule is COc1cc(/C=C(\CCC(=O)O)c2nc3ccccc3s2)cc(OC)c1. The van der Waals surface area contributed by atoms with Gasteiger partial charge in [0.1, 0.15) is 16.5 Å². The number of para-hydroxylation sites is 1. The normalized spacial score (nSPS) is 11.5. The van der Waals surface area contributed by atoms with Gasteiger partial charge in [-0.15, -0.1) is 11.3 Å². The van der Waals surface area contributed by atoms with Crippen LogP contribution in [0, 0.1) is 0 Å². The maximum absolute atomic E-state index is 11.1. The van der Waals surface area contributed by atoms with E-state index in [1.807, 2.05) is 42.5 Å². The van der Waals surface area contributed by atoms with Crippen LogP contribution >= 0.6 is 11.3 Å². The molecule has 0 fully saturated rings. The minimum Gasteiger partial charge on any atom is -0.497 e. The summed E-state index contributed by atoms with van der Waals surface area (Å²) in [7, 11) is 3.20. The summed E-state index contributed by atoms with van der Waals surface area (Å²) in [5.74, 6) is 0.523. The van der Waals surface area contributed by atoms with Gasteiger partial charge in [0.25, 0.3) is 0 Å². The van der Waals surface area contributed by atoms with Gasteiger partial charge in [-0.2, -0.15) is 0 Å². The Morgan fingerprint density at radius 3 is 2.42 bits per heavy atom. The molecule has 0 saturated carbocycles. The average Bonchev–Trinajstić information content (AvgIpc) is 3.08. The van der Waals surface area contributed by atoms with Crippen LogP contribution in [-0.4, -0.2) is 30.3 Å². The minimum atomic E-state index is -0.833. The van der Waals surface area contributed by atoms with Gasteiger partial charge in [-0.1, -0.05) is 12.1 Å². The van der Waals surface area contributed by atoms with Gasteiger partial charge in [-0.25, -0.2) is 4.98 Å². The number of hydrogen-bond acceptors (Lipinski definition) is 5. The quantitative estimate of drug-likeness (QED) is 0.653. The molecule has 6 heteroatoms. The largest absolute Gasteiger partial charge is 0.497 e. The molecular formula is C20H19NO4S. The Labute approximate surface area is 155 Å². The summed E-state index contributed by atoms with van der Waals surface area (Å²) < 4.78 is 11.7. The maximum Gasteiger partial charge on any atom is 0.303 e. The summed E-state index contributed by atoms with van der Waals surface area (Å²) >= 11 is 1.56. The number of hydrogen-bond donors (Lipinski definition) is 1. The summed E-state index contributed by atoms with van der Waals surface area (Å²) in [5.41, 5.74) is 2.67. The van der Waals surface area contributed by atoms with Crippen LogP contribution < -0.4 is 9.47 Å². The highest BCUT2D eigenvalue weighted by molar-refractivity contribution is 7.19. The van der Waals surface area contributed by atoms with Crippen LogP contribution in [0.2, 0.25) is 0 Å². The molecule has 5 nitrogen and oxygen atoms in total. The Bertz CT molecular complexity index is 906. The molecular weight excluding hydrogens is 350 g/mol. The molecule has 0 aliphatic carbocycles. The number of benzene rings is 2. The first kappa shape index (κ1) is 17.9. The predicted molar refractivity (Wildman–Crippen MR) is 104 cm³/mol. The second-order valence-electron chi connectivity index (χ2n) is 5.70. The van der Waals surface area contributed by atoms with Crippen molar-refractivity contribution in [3.63, 3.8) is 0 Å². The molecule has 1 aromatic heterocycles. The number of methoxy groups -OCH3 is 2. The average molecular weight is 369 g/mol. The number of carbonyl (C=O) groups is 1. The van der Waals surface area contributed by atoms with Crippen LogP contribution in [0.3, 0.4) is 0 Å².